The highest BCUT2D eigenvalue weighted by atomic mass is 35.5. The zero-order chi connectivity index (χ0) is 21.1. The van der Waals surface area contributed by atoms with Crippen molar-refractivity contribution in [1.82, 2.24) is 15.1 Å². The molecule has 0 aliphatic heterocycles. The summed E-state index contributed by atoms with van der Waals surface area (Å²) < 4.78 is 1.41. The van der Waals surface area contributed by atoms with Crippen LogP contribution in [0, 0.1) is 16.0 Å². The van der Waals surface area contributed by atoms with Crippen LogP contribution in [-0.2, 0) is 0 Å². The third-order valence-electron chi connectivity index (χ3n) is 4.74. The second kappa shape index (κ2) is 8.45. The van der Waals surface area contributed by atoms with E-state index in [1.165, 1.54) is 16.8 Å². The average molecular weight is 413 g/mol. The molecule has 0 aliphatic carbocycles. The number of carbonyl (C=O) groups excluding carboxylic acids is 1. The predicted molar refractivity (Wildman–Crippen MR) is 112 cm³/mol. The van der Waals surface area contributed by atoms with Gasteiger partial charge in [-0.1, -0.05) is 49.7 Å². The summed E-state index contributed by atoms with van der Waals surface area (Å²) >= 11 is 6.30. The fourth-order valence-corrected chi connectivity index (χ4v) is 2.96. The molecule has 0 radical (unpaired) electrons. The summed E-state index contributed by atoms with van der Waals surface area (Å²) in [6.07, 6.45) is 0. The highest BCUT2D eigenvalue weighted by Gasteiger charge is 2.21. The van der Waals surface area contributed by atoms with Crippen molar-refractivity contribution in [2.75, 3.05) is 0 Å². The van der Waals surface area contributed by atoms with Gasteiger partial charge in [-0.05, 0) is 31.0 Å². The highest BCUT2D eigenvalue weighted by molar-refractivity contribution is 6.33. The average Bonchev–Trinajstić information content (AvgIpc) is 3.13. The topological polar surface area (TPSA) is 90.1 Å². The van der Waals surface area contributed by atoms with Crippen molar-refractivity contribution in [3.8, 4) is 16.9 Å². The molecule has 1 atom stereocenters. The molecule has 0 spiro atoms. The lowest BCUT2D eigenvalue weighted by molar-refractivity contribution is -0.384. The van der Waals surface area contributed by atoms with E-state index in [9.17, 15) is 14.9 Å². The minimum absolute atomic E-state index is 0.0558. The molecule has 0 saturated heterocycles. The van der Waals surface area contributed by atoms with E-state index in [0.717, 1.165) is 0 Å². The van der Waals surface area contributed by atoms with Crippen molar-refractivity contribution in [3.05, 3.63) is 75.4 Å². The largest absolute Gasteiger partial charge is 0.348 e. The molecule has 0 aliphatic rings. The van der Waals surface area contributed by atoms with Crippen LogP contribution >= 0.6 is 11.6 Å². The van der Waals surface area contributed by atoms with E-state index in [1.807, 2.05) is 26.8 Å². The first-order chi connectivity index (χ1) is 13.8. The first-order valence-electron chi connectivity index (χ1n) is 9.18. The minimum atomic E-state index is -0.484. The Balaban J connectivity index is 2.13. The fourth-order valence-electron chi connectivity index (χ4n) is 2.73. The van der Waals surface area contributed by atoms with E-state index in [2.05, 4.69) is 10.4 Å². The van der Waals surface area contributed by atoms with Crippen molar-refractivity contribution in [3.63, 3.8) is 0 Å². The van der Waals surface area contributed by atoms with Crippen molar-refractivity contribution in [2.24, 2.45) is 5.92 Å². The summed E-state index contributed by atoms with van der Waals surface area (Å²) in [4.78, 5) is 23.7. The molecule has 1 aromatic heterocycles. The van der Waals surface area contributed by atoms with Crippen molar-refractivity contribution in [2.45, 2.75) is 26.8 Å². The van der Waals surface area contributed by atoms with E-state index in [0.29, 0.717) is 22.0 Å². The molecule has 3 aromatic rings. The third-order valence-corrected chi connectivity index (χ3v) is 5.07. The van der Waals surface area contributed by atoms with Gasteiger partial charge in [-0.25, -0.2) is 4.68 Å². The Labute approximate surface area is 173 Å². The normalized spacial score (nSPS) is 12.0. The molecule has 3 rings (SSSR count). The van der Waals surface area contributed by atoms with E-state index in [1.54, 1.807) is 36.4 Å². The number of nitro groups is 1. The van der Waals surface area contributed by atoms with Gasteiger partial charge >= 0.3 is 0 Å². The van der Waals surface area contributed by atoms with E-state index in [4.69, 9.17) is 11.6 Å². The third kappa shape index (κ3) is 4.46. The van der Waals surface area contributed by atoms with Gasteiger partial charge in [-0.2, -0.15) is 5.10 Å². The molecular formula is C21H21ClN4O3. The summed E-state index contributed by atoms with van der Waals surface area (Å²) in [5.74, 6) is -0.0697. The molecular weight excluding hydrogens is 392 g/mol. The SMILES string of the molecule is CC(C)[C@H](C)NC(=O)c1cc(-c2ccccc2Cl)nn1-c1cccc([N+](=O)[O-])c1. The first kappa shape index (κ1) is 20.5. The summed E-state index contributed by atoms with van der Waals surface area (Å²) in [5, 5.41) is 19.2. The van der Waals surface area contributed by atoms with Crippen LogP contribution in [0.2, 0.25) is 5.02 Å². The van der Waals surface area contributed by atoms with Gasteiger partial charge in [0.15, 0.2) is 0 Å². The molecule has 1 N–H and O–H groups in total. The zero-order valence-corrected chi connectivity index (χ0v) is 17.1. The van der Waals surface area contributed by atoms with Crippen molar-refractivity contribution < 1.29 is 9.72 Å². The monoisotopic (exact) mass is 412 g/mol. The molecule has 1 heterocycles. The standard InChI is InChI=1S/C21H21ClN4O3/c1-13(2)14(3)23-21(27)20-12-19(17-9-4-5-10-18(17)22)24-25(20)15-7-6-8-16(11-15)26(28)29/h4-14H,1-3H3,(H,23,27)/t14-/m0/s1. The number of rotatable bonds is 6. The van der Waals surface area contributed by atoms with Crippen LogP contribution in [0.4, 0.5) is 5.69 Å². The van der Waals surface area contributed by atoms with Gasteiger partial charge in [0.05, 0.1) is 21.3 Å². The van der Waals surface area contributed by atoms with Crippen LogP contribution in [0.1, 0.15) is 31.3 Å². The lowest BCUT2D eigenvalue weighted by atomic mass is 10.1. The Bertz CT molecular complexity index is 1060. The number of benzene rings is 2. The van der Waals surface area contributed by atoms with E-state index >= 15 is 0 Å². The number of carbonyl (C=O) groups is 1. The molecule has 0 saturated carbocycles. The highest BCUT2D eigenvalue weighted by Crippen LogP contribution is 2.29. The molecule has 7 nitrogen and oxygen atoms in total. The number of nitrogens with zero attached hydrogens (tertiary/aromatic N) is 3. The Morgan fingerprint density at radius 2 is 1.86 bits per heavy atom. The van der Waals surface area contributed by atoms with Gasteiger partial charge in [0, 0.05) is 23.7 Å². The maximum absolute atomic E-state index is 13.0. The number of halogens is 1. The van der Waals surface area contributed by atoms with Gasteiger partial charge in [-0.15, -0.1) is 0 Å². The number of hydrogen-bond acceptors (Lipinski definition) is 4. The summed E-state index contributed by atoms with van der Waals surface area (Å²) in [5.41, 5.74) is 1.78. The number of aromatic nitrogens is 2. The van der Waals surface area contributed by atoms with Crippen LogP contribution in [0.15, 0.2) is 54.6 Å². The number of non-ortho nitro benzene ring substituents is 1. The minimum Gasteiger partial charge on any atom is -0.348 e. The summed E-state index contributed by atoms with van der Waals surface area (Å²) in [7, 11) is 0. The molecule has 0 unspecified atom stereocenters. The lowest BCUT2D eigenvalue weighted by Crippen LogP contribution is -2.37. The Kier molecular flexibility index (Phi) is 5.98. The van der Waals surface area contributed by atoms with Gasteiger partial charge in [-0.3, -0.25) is 14.9 Å². The number of nitro benzene ring substituents is 1. The van der Waals surface area contributed by atoms with E-state index in [-0.39, 0.29) is 29.2 Å². The fraction of sp³-hybridized carbons (Fsp3) is 0.238. The smallest absolute Gasteiger partial charge is 0.271 e. The zero-order valence-electron chi connectivity index (χ0n) is 16.3. The molecule has 8 heteroatoms. The predicted octanol–water partition coefficient (Wildman–Crippen LogP) is 4.88. The van der Waals surface area contributed by atoms with Crippen LogP contribution in [0.5, 0.6) is 0 Å². The van der Waals surface area contributed by atoms with E-state index < -0.39 is 4.92 Å². The maximum Gasteiger partial charge on any atom is 0.271 e. The molecule has 0 fully saturated rings. The van der Waals surface area contributed by atoms with Crippen molar-refractivity contribution in [1.29, 1.82) is 0 Å². The van der Waals surface area contributed by atoms with Gasteiger partial charge in [0.1, 0.15) is 5.69 Å². The number of amides is 1. The van der Waals surface area contributed by atoms with Crippen LogP contribution < -0.4 is 5.32 Å². The van der Waals surface area contributed by atoms with Crippen LogP contribution in [0.3, 0.4) is 0 Å². The van der Waals surface area contributed by atoms with Gasteiger partial charge in [0.2, 0.25) is 0 Å². The van der Waals surface area contributed by atoms with Gasteiger partial charge < -0.3 is 5.32 Å². The van der Waals surface area contributed by atoms with Crippen LogP contribution in [0.25, 0.3) is 16.9 Å². The first-order valence-corrected chi connectivity index (χ1v) is 9.56. The number of nitrogens with one attached hydrogen (secondary N) is 1. The quantitative estimate of drug-likeness (QED) is 0.461. The van der Waals surface area contributed by atoms with Crippen molar-refractivity contribution >= 4 is 23.2 Å². The Morgan fingerprint density at radius 1 is 1.14 bits per heavy atom. The Hall–Kier alpha value is -3.19. The summed E-state index contributed by atoms with van der Waals surface area (Å²) in [6.45, 7) is 5.95. The molecule has 29 heavy (non-hydrogen) atoms. The summed E-state index contributed by atoms with van der Waals surface area (Å²) in [6, 6.07) is 14.8. The second-order valence-corrected chi connectivity index (χ2v) is 7.50. The van der Waals surface area contributed by atoms with Gasteiger partial charge in [0.25, 0.3) is 11.6 Å². The number of hydrogen-bond donors (Lipinski definition) is 1. The maximum atomic E-state index is 13.0. The molecule has 150 valence electrons. The Morgan fingerprint density at radius 3 is 2.52 bits per heavy atom. The molecule has 1 amide bonds. The molecule has 0 bridgehead atoms. The lowest BCUT2D eigenvalue weighted by Gasteiger charge is -2.17. The van der Waals surface area contributed by atoms with Crippen LogP contribution in [-0.4, -0.2) is 26.7 Å². The molecule has 2 aromatic carbocycles. The second-order valence-electron chi connectivity index (χ2n) is 7.09.